The molecule has 0 saturated carbocycles. The predicted molar refractivity (Wildman–Crippen MR) is 109 cm³/mol. The molecule has 0 spiro atoms. The summed E-state index contributed by atoms with van der Waals surface area (Å²) in [6.45, 7) is 5.51. The number of nitrogens with one attached hydrogen (secondary N) is 1. The van der Waals surface area contributed by atoms with Crippen molar-refractivity contribution in [2.45, 2.75) is 44.8 Å². The first kappa shape index (κ1) is 21.0. The van der Waals surface area contributed by atoms with E-state index >= 15 is 0 Å². The topological polar surface area (TPSA) is 73.9 Å². The van der Waals surface area contributed by atoms with Crippen molar-refractivity contribution in [1.29, 1.82) is 0 Å². The molecular weight excluding hydrogens is 370 g/mol. The molecule has 154 valence electrons. The highest BCUT2D eigenvalue weighted by molar-refractivity contribution is 5.83. The molecule has 2 aromatic carbocycles. The molecule has 6 nitrogen and oxygen atoms in total. The minimum absolute atomic E-state index is 0.0453. The van der Waals surface area contributed by atoms with Gasteiger partial charge in [-0.3, -0.25) is 9.59 Å². The van der Waals surface area contributed by atoms with Gasteiger partial charge >= 0.3 is 11.9 Å². The maximum Gasteiger partial charge on any atom is 0.326 e. The first-order chi connectivity index (χ1) is 13.8. The molecule has 0 aromatic heterocycles. The molecule has 0 radical (unpaired) electrons. The Labute approximate surface area is 171 Å². The Kier molecular flexibility index (Phi) is 6.35. The van der Waals surface area contributed by atoms with Crippen molar-refractivity contribution < 1.29 is 23.9 Å². The number of hydrogen-bond donors (Lipinski definition) is 1. The van der Waals surface area contributed by atoms with Crippen LogP contribution in [0.1, 0.15) is 44.2 Å². The Balaban J connectivity index is 1.69. The standard InChI is InChI=1S/C23H27NO5/c1-23(2,3)29-21(25)13-20(24-27-4)22(26)28-14-19-17-11-7-5-9-15(17)16-10-6-8-12-18(16)19/h5-12,19-20,24H,13-14H2,1-4H3. The first-order valence-electron chi connectivity index (χ1n) is 9.65. The molecule has 1 N–H and O–H groups in total. The fourth-order valence-electron chi connectivity index (χ4n) is 3.57. The van der Waals surface area contributed by atoms with Gasteiger partial charge in [-0.15, -0.1) is 0 Å². The smallest absolute Gasteiger partial charge is 0.326 e. The normalized spacial score (nSPS) is 14.1. The van der Waals surface area contributed by atoms with Crippen molar-refractivity contribution in [1.82, 2.24) is 5.48 Å². The fourth-order valence-corrected chi connectivity index (χ4v) is 3.57. The molecule has 0 saturated heterocycles. The molecule has 0 amide bonds. The second kappa shape index (κ2) is 8.76. The van der Waals surface area contributed by atoms with Gasteiger partial charge in [-0.25, -0.2) is 0 Å². The Hall–Kier alpha value is -2.70. The highest BCUT2D eigenvalue weighted by Crippen LogP contribution is 2.44. The van der Waals surface area contributed by atoms with E-state index in [1.165, 1.54) is 7.11 Å². The van der Waals surface area contributed by atoms with Crippen molar-refractivity contribution in [2.75, 3.05) is 13.7 Å². The van der Waals surface area contributed by atoms with Crippen LogP contribution < -0.4 is 5.48 Å². The summed E-state index contributed by atoms with van der Waals surface area (Å²) in [5.74, 6) is -1.10. The Morgan fingerprint density at radius 3 is 2.07 bits per heavy atom. The second-order valence-corrected chi connectivity index (χ2v) is 8.02. The molecule has 1 unspecified atom stereocenters. The molecule has 3 rings (SSSR count). The molecule has 1 aliphatic rings. The number of esters is 2. The summed E-state index contributed by atoms with van der Waals surface area (Å²) in [5.41, 5.74) is 6.48. The van der Waals surface area contributed by atoms with Crippen LogP contribution in [0.2, 0.25) is 0 Å². The maximum atomic E-state index is 12.6. The van der Waals surface area contributed by atoms with E-state index in [-0.39, 0.29) is 18.9 Å². The average molecular weight is 397 g/mol. The zero-order chi connectivity index (χ0) is 21.0. The van der Waals surface area contributed by atoms with Crippen molar-refractivity contribution in [3.63, 3.8) is 0 Å². The van der Waals surface area contributed by atoms with Gasteiger partial charge in [0, 0.05) is 5.92 Å². The lowest BCUT2D eigenvalue weighted by Gasteiger charge is -2.22. The van der Waals surface area contributed by atoms with Crippen LogP contribution in [0.25, 0.3) is 11.1 Å². The molecule has 0 fully saturated rings. The number of rotatable bonds is 7. The highest BCUT2D eigenvalue weighted by atomic mass is 16.6. The van der Waals surface area contributed by atoms with Crippen LogP contribution in [0.15, 0.2) is 48.5 Å². The third-order valence-electron chi connectivity index (χ3n) is 4.69. The summed E-state index contributed by atoms with van der Waals surface area (Å²) < 4.78 is 10.9. The van der Waals surface area contributed by atoms with Gasteiger partial charge in [-0.1, -0.05) is 48.5 Å². The fraction of sp³-hybridized carbons (Fsp3) is 0.391. The zero-order valence-electron chi connectivity index (χ0n) is 17.2. The van der Waals surface area contributed by atoms with Gasteiger partial charge in [-0.05, 0) is 43.0 Å². The quantitative estimate of drug-likeness (QED) is 0.569. The maximum absolute atomic E-state index is 12.6. The van der Waals surface area contributed by atoms with E-state index in [1.807, 2.05) is 24.3 Å². The minimum atomic E-state index is -0.943. The largest absolute Gasteiger partial charge is 0.463 e. The molecule has 0 aliphatic heterocycles. The van der Waals surface area contributed by atoms with Gasteiger partial charge < -0.3 is 14.3 Å². The summed E-state index contributed by atoms with van der Waals surface area (Å²) >= 11 is 0. The lowest BCUT2D eigenvalue weighted by Crippen LogP contribution is -2.41. The SMILES string of the molecule is CONC(CC(=O)OC(C)(C)C)C(=O)OCC1c2ccccc2-c2ccccc21. The third-order valence-corrected chi connectivity index (χ3v) is 4.69. The molecule has 1 atom stereocenters. The van der Waals surface area contributed by atoms with Gasteiger partial charge in [0.2, 0.25) is 0 Å². The summed E-state index contributed by atoms with van der Waals surface area (Å²) in [6.07, 6.45) is -0.179. The van der Waals surface area contributed by atoms with Gasteiger partial charge in [0.1, 0.15) is 18.2 Å². The summed E-state index contributed by atoms with van der Waals surface area (Å²) in [6, 6.07) is 15.3. The van der Waals surface area contributed by atoms with Crippen LogP contribution in [0.5, 0.6) is 0 Å². The molecular formula is C23H27NO5. The van der Waals surface area contributed by atoms with E-state index in [2.05, 4.69) is 29.7 Å². The van der Waals surface area contributed by atoms with Crippen molar-refractivity contribution in [3.8, 4) is 11.1 Å². The molecule has 1 aliphatic carbocycles. The monoisotopic (exact) mass is 397 g/mol. The minimum Gasteiger partial charge on any atom is -0.463 e. The number of carbonyl (C=O) groups excluding carboxylic acids is 2. The van der Waals surface area contributed by atoms with Gasteiger partial charge in [-0.2, -0.15) is 5.48 Å². The average Bonchev–Trinajstić information content (AvgIpc) is 2.98. The van der Waals surface area contributed by atoms with Crippen molar-refractivity contribution in [3.05, 3.63) is 59.7 Å². The van der Waals surface area contributed by atoms with Gasteiger partial charge in [0.15, 0.2) is 0 Å². The first-order valence-corrected chi connectivity index (χ1v) is 9.65. The van der Waals surface area contributed by atoms with Crippen molar-refractivity contribution >= 4 is 11.9 Å². The molecule has 6 heteroatoms. The summed E-state index contributed by atoms with van der Waals surface area (Å²) in [7, 11) is 1.39. The zero-order valence-corrected chi connectivity index (χ0v) is 17.2. The Morgan fingerprint density at radius 1 is 1.00 bits per heavy atom. The number of hydroxylamine groups is 1. The van der Waals surface area contributed by atoms with E-state index in [1.54, 1.807) is 20.8 Å². The van der Waals surface area contributed by atoms with Crippen LogP contribution in [0, 0.1) is 0 Å². The highest BCUT2D eigenvalue weighted by Gasteiger charge is 2.31. The molecule has 2 aromatic rings. The number of hydrogen-bond acceptors (Lipinski definition) is 6. The van der Waals surface area contributed by atoms with E-state index in [0.717, 1.165) is 22.3 Å². The molecule has 0 heterocycles. The lowest BCUT2D eigenvalue weighted by molar-refractivity contribution is -0.162. The van der Waals surface area contributed by atoms with Gasteiger partial charge in [0.05, 0.1) is 13.5 Å². The molecule has 29 heavy (non-hydrogen) atoms. The number of benzene rings is 2. The lowest BCUT2D eigenvalue weighted by atomic mass is 9.98. The van der Waals surface area contributed by atoms with Crippen LogP contribution >= 0.6 is 0 Å². The van der Waals surface area contributed by atoms with Gasteiger partial charge in [0.25, 0.3) is 0 Å². The van der Waals surface area contributed by atoms with Crippen LogP contribution in [0.4, 0.5) is 0 Å². The van der Waals surface area contributed by atoms with Crippen LogP contribution in [0.3, 0.4) is 0 Å². The van der Waals surface area contributed by atoms with Crippen LogP contribution in [-0.4, -0.2) is 37.3 Å². The Bertz CT molecular complexity index is 841. The van der Waals surface area contributed by atoms with E-state index in [9.17, 15) is 9.59 Å². The van der Waals surface area contributed by atoms with E-state index in [4.69, 9.17) is 14.3 Å². The number of fused-ring (bicyclic) bond motifs is 3. The second-order valence-electron chi connectivity index (χ2n) is 8.02. The van der Waals surface area contributed by atoms with E-state index in [0.29, 0.717) is 0 Å². The number of carbonyl (C=O) groups is 2. The third kappa shape index (κ3) is 5.02. The summed E-state index contributed by atoms with van der Waals surface area (Å²) in [5, 5.41) is 0. The predicted octanol–water partition coefficient (Wildman–Crippen LogP) is 3.59. The molecule has 0 bridgehead atoms. The Morgan fingerprint density at radius 2 is 1.55 bits per heavy atom. The van der Waals surface area contributed by atoms with Crippen molar-refractivity contribution in [2.24, 2.45) is 0 Å². The van der Waals surface area contributed by atoms with Crippen LogP contribution in [-0.2, 0) is 23.9 Å². The summed E-state index contributed by atoms with van der Waals surface area (Å²) in [4.78, 5) is 29.6. The van der Waals surface area contributed by atoms with E-state index < -0.39 is 23.6 Å². The number of ether oxygens (including phenoxy) is 2.